The molecule has 0 fully saturated rings. The molecule has 2 aromatic heterocycles. The van der Waals surface area contributed by atoms with Gasteiger partial charge in [-0.05, 0) is 29.8 Å². The summed E-state index contributed by atoms with van der Waals surface area (Å²) in [7, 11) is 1.63. The SMILES string of the molecule is CN(C(=O)c1cncc(-n2c(=O)[nH]c3cccc(CO)c3c2=O)c1)c1ccccc1. The summed E-state index contributed by atoms with van der Waals surface area (Å²) < 4.78 is 0.911. The molecule has 0 spiro atoms. The fraction of sp³-hybridized carbons (Fsp3) is 0.0909. The second kappa shape index (κ2) is 7.76. The molecule has 8 nitrogen and oxygen atoms in total. The molecule has 150 valence electrons. The Morgan fingerprint density at radius 3 is 2.60 bits per heavy atom. The number of para-hydroxylation sites is 1. The van der Waals surface area contributed by atoms with Crippen LogP contribution >= 0.6 is 0 Å². The van der Waals surface area contributed by atoms with Gasteiger partial charge in [-0.2, -0.15) is 0 Å². The Morgan fingerprint density at radius 1 is 1.10 bits per heavy atom. The largest absolute Gasteiger partial charge is 0.392 e. The van der Waals surface area contributed by atoms with Crippen LogP contribution in [0.3, 0.4) is 0 Å². The monoisotopic (exact) mass is 402 g/mol. The summed E-state index contributed by atoms with van der Waals surface area (Å²) in [5.41, 5.74) is 0.542. The Hall–Kier alpha value is -4.04. The predicted octanol–water partition coefficient (Wildman–Crippen LogP) is 1.84. The number of pyridine rings is 1. The molecule has 8 heteroatoms. The predicted molar refractivity (Wildman–Crippen MR) is 113 cm³/mol. The van der Waals surface area contributed by atoms with Gasteiger partial charge in [-0.15, -0.1) is 0 Å². The molecule has 30 heavy (non-hydrogen) atoms. The molecule has 0 radical (unpaired) electrons. The Bertz CT molecular complexity index is 1360. The number of carbonyl (C=O) groups is 1. The standard InChI is InChI=1S/C22H18N4O4/c1-25(16-7-3-2-4-8-16)20(28)15-10-17(12-23-11-15)26-21(29)19-14(13-27)6-5-9-18(19)24-22(26)30/h2-12,27H,13H2,1H3,(H,24,30). The van der Waals surface area contributed by atoms with E-state index in [-0.39, 0.29) is 29.2 Å². The summed E-state index contributed by atoms with van der Waals surface area (Å²) in [6.07, 6.45) is 2.72. The van der Waals surface area contributed by atoms with Gasteiger partial charge in [0.15, 0.2) is 0 Å². The van der Waals surface area contributed by atoms with E-state index in [2.05, 4.69) is 9.97 Å². The highest BCUT2D eigenvalue weighted by Crippen LogP contribution is 2.16. The number of nitrogens with zero attached hydrogens (tertiary/aromatic N) is 3. The molecule has 0 atom stereocenters. The van der Waals surface area contributed by atoms with Crippen LogP contribution in [0.2, 0.25) is 0 Å². The van der Waals surface area contributed by atoms with Crippen molar-refractivity contribution in [3.8, 4) is 5.69 Å². The fourth-order valence-electron chi connectivity index (χ4n) is 3.33. The number of H-pyrrole nitrogens is 1. The smallest absolute Gasteiger partial charge is 0.333 e. The molecule has 2 heterocycles. The summed E-state index contributed by atoms with van der Waals surface area (Å²) in [5.74, 6) is -0.336. The normalized spacial score (nSPS) is 10.9. The Kier molecular flexibility index (Phi) is 4.99. The molecule has 4 aromatic rings. The van der Waals surface area contributed by atoms with Crippen LogP contribution in [0, 0.1) is 0 Å². The van der Waals surface area contributed by atoms with E-state index in [9.17, 15) is 19.5 Å². The molecule has 0 saturated carbocycles. The first-order valence-electron chi connectivity index (χ1n) is 9.17. The maximum Gasteiger partial charge on any atom is 0.333 e. The topological polar surface area (TPSA) is 108 Å². The highest BCUT2D eigenvalue weighted by molar-refractivity contribution is 6.05. The van der Waals surface area contributed by atoms with E-state index >= 15 is 0 Å². The lowest BCUT2D eigenvalue weighted by atomic mass is 10.1. The highest BCUT2D eigenvalue weighted by atomic mass is 16.3. The second-order valence-corrected chi connectivity index (χ2v) is 6.70. The Morgan fingerprint density at radius 2 is 1.87 bits per heavy atom. The Labute approximate surface area is 170 Å². The molecule has 0 aliphatic heterocycles. The first-order valence-corrected chi connectivity index (χ1v) is 9.17. The van der Waals surface area contributed by atoms with Crippen molar-refractivity contribution in [2.24, 2.45) is 0 Å². The number of hydrogen-bond acceptors (Lipinski definition) is 5. The van der Waals surface area contributed by atoms with Gasteiger partial charge < -0.3 is 15.0 Å². The van der Waals surface area contributed by atoms with Gasteiger partial charge >= 0.3 is 5.69 Å². The van der Waals surface area contributed by atoms with Crippen molar-refractivity contribution in [1.29, 1.82) is 0 Å². The molecule has 0 bridgehead atoms. The minimum absolute atomic E-state index is 0.156. The Balaban J connectivity index is 1.83. The number of anilines is 1. The summed E-state index contributed by atoms with van der Waals surface area (Å²) in [6, 6.07) is 15.4. The van der Waals surface area contributed by atoms with Crippen LogP contribution in [0.25, 0.3) is 16.6 Å². The third-order valence-corrected chi connectivity index (χ3v) is 4.86. The average Bonchev–Trinajstić information content (AvgIpc) is 2.78. The van der Waals surface area contributed by atoms with Crippen molar-refractivity contribution in [3.05, 3.63) is 99.0 Å². The molecular weight excluding hydrogens is 384 g/mol. The number of amides is 1. The maximum absolute atomic E-state index is 13.1. The van der Waals surface area contributed by atoms with Gasteiger partial charge in [-0.3, -0.25) is 14.6 Å². The highest BCUT2D eigenvalue weighted by Gasteiger charge is 2.17. The van der Waals surface area contributed by atoms with Crippen molar-refractivity contribution < 1.29 is 9.90 Å². The molecule has 0 aliphatic rings. The minimum Gasteiger partial charge on any atom is -0.392 e. The van der Waals surface area contributed by atoms with Crippen molar-refractivity contribution in [3.63, 3.8) is 0 Å². The third kappa shape index (κ3) is 3.29. The summed E-state index contributed by atoms with van der Waals surface area (Å²) in [6.45, 7) is -0.350. The van der Waals surface area contributed by atoms with E-state index in [1.165, 1.54) is 23.4 Å². The van der Waals surface area contributed by atoms with Gasteiger partial charge in [0.05, 0.1) is 35.0 Å². The maximum atomic E-state index is 13.1. The van der Waals surface area contributed by atoms with Gasteiger partial charge in [-0.1, -0.05) is 30.3 Å². The number of aromatic amines is 1. The van der Waals surface area contributed by atoms with Gasteiger partial charge in [0.2, 0.25) is 0 Å². The summed E-state index contributed by atoms with van der Waals surface area (Å²) in [5, 5.41) is 9.78. The fourth-order valence-corrected chi connectivity index (χ4v) is 3.33. The van der Waals surface area contributed by atoms with E-state index < -0.39 is 11.2 Å². The zero-order valence-corrected chi connectivity index (χ0v) is 16.1. The third-order valence-electron chi connectivity index (χ3n) is 4.86. The van der Waals surface area contributed by atoms with Gasteiger partial charge in [-0.25, -0.2) is 9.36 Å². The second-order valence-electron chi connectivity index (χ2n) is 6.70. The molecule has 0 saturated heterocycles. The number of nitrogens with one attached hydrogen (secondary N) is 1. The molecule has 0 unspecified atom stereocenters. The lowest BCUT2D eigenvalue weighted by molar-refractivity contribution is 0.0992. The quantitative estimate of drug-likeness (QED) is 0.542. The van der Waals surface area contributed by atoms with E-state index in [0.29, 0.717) is 16.8 Å². The van der Waals surface area contributed by atoms with Crippen molar-refractivity contribution in [1.82, 2.24) is 14.5 Å². The lowest BCUT2D eigenvalue weighted by Crippen LogP contribution is -2.34. The van der Waals surface area contributed by atoms with E-state index in [0.717, 1.165) is 4.57 Å². The first kappa shape index (κ1) is 19.3. The van der Waals surface area contributed by atoms with Crippen LogP contribution < -0.4 is 16.1 Å². The number of rotatable bonds is 4. The van der Waals surface area contributed by atoms with Crippen LogP contribution in [0.15, 0.2) is 76.6 Å². The molecule has 4 rings (SSSR count). The number of benzene rings is 2. The van der Waals surface area contributed by atoms with Crippen molar-refractivity contribution in [2.45, 2.75) is 6.61 Å². The van der Waals surface area contributed by atoms with Crippen LogP contribution in [0.4, 0.5) is 5.69 Å². The van der Waals surface area contributed by atoms with E-state index in [4.69, 9.17) is 0 Å². The molecule has 2 N–H and O–H groups in total. The lowest BCUT2D eigenvalue weighted by Gasteiger charge is -2.17. The van der Waals surface area contributed by atoms with Gasteiger partial charge in [0, 0.05) is 18.9 Å². The summed E-state index contributed by atoms with van der Waals surface area (Å²) >= 11 is 0. The molecule has 0 aliphatic carbocycles. The van der Waals surface area contributed by atoms with Crippen LogP contribution in [0.5, 0.6) is 0 Å². The average molecular weight is 402 g/mol. The number of aromatic nitrogens is 3. The number of fused-ring (bicyclic) bond motifs is 1. The van der Waals surface area contributed by atoms with Gasteiger partial charge in [0.1, 0.15) is 0 Å². The van der Waals surface area contributed by atoms with Crippen molar-refractivity contribution >= 4 is 22.5 Å². The molecule has 2 aromatic carbocycles. The number of aliphatic hydroxyl groups excluding tert-OH is 1. The number of hydrogen-bond donors (Lipinski definition) is 2. The molecule has 1 amide bonds. The zero-order valence-electron chi connectivity index (χ0n) is 16.1. The number of carbonyl (C=O) groups excluding carboxylic acids is 1. The van der Waals surface area contributed by atoms with Crippen LogP contribution in [-0.4, -0.2) is 32.6 Å². The zero-order chi connectivity index (χ0) is 21.3. The minimum atomic E-state index is -0.662. The van der Waals surface area contributed by atoms with Crippen LogP contribution in [-0.2, 0) is 6.61 Å². The van der Waals surface area contributed by atoms with Gasteiger partial charge in [0.25, 0.3) is 11.5 Å². The first-order chi connectivity index (χ1) is 14.5. The van der Waals surface area contributed by atoms with E-state index in [1.807, 2.05) is 18.2 Å². The van der Waals surface area contributed by atoms with Crippen LogP contribution in [0.1, 0.15) is 15.9 Å². The summed E-state index contributed by atoms with van der Waals surface area (Å²) in [4.78, 5) is 46.7. The van der Waals surface area contributed by atoms with E-state index in [1.54, 1.807) is 37.4 Å². The van der Waals surface area contributed by atoms with Crippen molar-refractivity contribution in [2.75, 3.05) is 11.9 Å². The number of aliphatic hydroxyl groups is 1. The molecular formula is C22H18N4O4.